The predicted molar refractivity (Wildman–Crippen MR) is 78.3 cm³/mol. The average molecular weight is 295 g/mol. The summed E-state index contributed by atoms with van der Waals surface area (Å²) >= 11 is 0. The number of rotatable bonds is 7. The number of hydrogen-bond acceptors (Lipinski definition) is 4. The van der Waals surface area contributed by atoms with Gasteiger partial charge in [0, 0.05) is 6.26 Å². The van der Waals surface area contributed by atoms with Crippen molar-refractivity contribution < 1.29 is 13.2 Å². The van der Waals surface area contributed by atoms with E-state index in [0.717, 1.165) is 19.3 Å². The van der Waals surface area contributed by atoms with Gasteiger partial charge in [-0.3, -0.25) is 0 Å². The molecule has 1 aromatic rings. The molecule has 0 fully saturated rings. The summed E-state index contributed by atoms with van der Waals surface area (Å²) in [5.41, 5.74) is -0.295. The van der Waals surface area contributed by atoms with Gasteiger partial charge in [-0.2, -0.15) is 5.26 Å². The van der Waals surface area contributed by atoms with Crippen molar-refractivity contribution in [1.82, 2.24) is 0 Å². The highest BCUT2D eigenvalue weighted by atomic mass is 32.2. The Kier molecular flexibility index (Phi) is 5.58. The van der Waals surface area contributed by atoms with Crippen molar-refractivity contribution in [1.29, 1.82) is 5.26 Å². The molecule has 110 valence electrons. The Hall–Kier alpha value is -1.54. The zero-order valence-corrected chi connectivity index (χ0v) is 13.0. The van der Waals surface area contributed by atoms with Gasteiger partial charge in [0.1, 0.15) is 5.75 Å². The molecule has 5 heteroatoms. The van der Waals surface area contributed by atoms with Crippen LogP contribution in [-0.2, 0) is 9.84 Å². The number of nitrogens with zero attached hydrogens (tertiary/aromatic N) is 1. The van der Waals surface area contributed by atoms with Gasteiger partial charge in [-0.15, -0.1) is 0 Å². The Morgan fingerprint density at radius 2 is 2.00 bits per heavy atom. The highest BCUT2D eigenvalue weighted by molar-refractivity contribution is 7.90. The third kappa shape index (κ3) is 5.62. The van der Waals surface area contributed by atoms with Crippen molar-refractivity contribution in [3.05, 3.63) is 24.3 Å². The molecule has 0 aliphatic carbocycles. The van der Waals surface area contributed by atoms with Crippen molar-refractivity contribution >= 4 is 9.84 Å². The van der Waals surface area contributed by atoms with Gasteiger partial charge in [0.05, 0.1) is 23.0 Å². The Bertz CT molecular complexity index is 585. The number of sulfone groups is 1. The molecule has 1 aromatic carbocycles. The molecule has 0 saturated carbocycles. The lowest BCUT2D eigenvalue weighted by molar-refractivity contribution is 0.294. The standard InChI is InChI=1S/C15H21NO3S/c1-15(2,12-16)9-4-5-10-19-13-7-6-8-14(11-13)20(3,17)18/h6-8,11H,4-5,9-10H2,1-3H3. The van der Waals surface area contributed by atoms with Crippen molar-refractivity contribution in [2.45, 2.75) is 38.0 Å². The normalized spacial score (nSPS) is 11.9. The second kappa shape index (κ2) is 6.76. The molecule has 20 heavy (non-hydrogen) atoms. The topological polar surface area (TPSA) is 67.2 Å². The fourth-order valence-corrected chi connectivity index (χ4v) is 2.37. The van der Waals surface area contributed by atoms with Crippen molar-refractivity contribution in [2.75, 3.05) is 12.9 Å². The molecule has 0 saturated heterocycles. The minimum atomic E-state index is -3.20. The maximum atomic E-state index is 11.4. The first-order valence-corrected chi connectivity index (χ1v) is 8.48. The van der Waals surface area contributed by atoms with Gasteiger partial charge in [-0.05, 0) is 51.3 Å². The first-order valence-electron chi connectivity index (χ1n) is 6.59. The van der Waals surface area contributed by atoms with E-state index < -0.39 is 9.84 Å². The molecular formula is C15H21NO3S. The van der Waals surface area contributed by atoms with Gasteiger partial charge in [0.15, 0.2) is 9.84 Å². The molecule has 0 aromatic heterocycles. The minimum absolute atomic E-state index is 0.264. The van der Waals surface area contributed by atoms with E-state index in [-0.39, 0.29) is 10.3 Å². The molecule has 1 rings (SSSR count). The summed E-state index contributed by atoms with van der Waals surface area (Å²) in [6.07, 6.45) is 3.76. The second-order valence-corrected chi connectivity index (χ2v) is 7.56. The van der Waals surface area contributed by atoms with Crippen LogP contribution in [0.4, 0.5) is 0 Å². The van der Waals surface area contributed by atoms with Crippen LogP contribution < -0.4 is 4.74 Å². The highest BCUT2D eigenvalue weighted by Gasteiger charge is 2.15. The summed E-state index contributed by atoms with van der Waals surface area (Å²) in [6, 6.07) is 8.77. The third-order valence-corrected chi connectivity index (χ3v) is 4.11. The Morgan fingerprint density at radius 3 is 2.60 bits per heavy atom. The largest absolute Gasteiger partial charge is 0.494 e. The van der Waals surface area contributed by atoms with E-state index in [9.17, 15) is 8.42 Å². The molecule has 0 atom stereocenters. The maximum absolute atomic E-state index is 11.4. The maximum Gasteiger partial charge on any atom is 0.175 e. The fraction of sp³-hybridized carbons (Fsp3) is 0.533. The van der Waals surface area contributed by atoms with E-state index in [1.54, 1.807) is 18.2 Å². The molecule has 0 aliphatic heterocycles. The third-order valence-electron chi connectivity index (χ3n) is 3.00. The van der Waals surface area contributed by atoms with Crippen LogP contribution in [0.15, 0.2) is 29.2 Å². The lowest BCUT2D eigenvalue weighted by Crippen LogP contribution is -2.08. The lowest BCUT2D eigenvalue weighted by atomic mass is 9.89. The SMILES string of the molecule is CC(C)(C#N)CCCCOc1cccc(S(C)(=O)=O)c1. The number of ether oxygens (including phenoxy) is 1. The second-order valence-electron chi connectivity index (χ2n) is 5.55. The summed E-state index contributed by atoms with van der Waals surface area (Å²) in [7, 11) is -3.20. The molecule has 4 nitrogen and oxygen atoms in total. The summed E-state index contributed by atoms with van der Waals surface area (Å²) in [5, 5.41) is 8.90. The lowest BCUT2D eigenvalue weighted by Gasteiger charge is -2.14. The van der Waals surface area contributed by atoms with Crippen LogP contribution in [0.25, 0.3) is 0 Å². The fourth-order valence-electron chi connectivity index (χ4n) is 1.71. The van der Waals surface area contributed by atoms with E-state index in [1.165, 1.54) is 12.3 Å². The van der Waals surface area contributed by atoms with E-state index in [1.807, 2.05) is 13.8 Å². The Labute approximate surface area is 121 Å². The molecule has 0 amide bonds. The zero-order valence-electron chi connectivity index (χ0n) is 12.2. The zero-order chi connectivity index (χ0) is 15.2. The van der Waals surface area contributed by atoms with Gasteiger partial charge in [-0.25, -0.2) is 8.42 Å². The van der Waals surface area contributed by atoms with Crippen LogP contribution >= 0.6 is 0 Å². The summed E-state index contributed by atoms with van der Waals surface area (Å²) in [6.45, 7) is 4.36. The van der Waals surface area contributed by atoms with Gasteiger partial charge >= 0.3 is 0 Å². The number of unbranched alkanes of at least 4 members (excludes halogenated alkanes) is 1. The van der Waals surface area contributed by atoms with E-state index in [2.05, 4.69) is 6.07 Å². The van der Waals surface area contributed by atoms with Crippen LogP contribution in [0.1, 0.15) is 33.1 Å². The van der Waals surface area contributed by atoms with Gasteiger partial charge < -0.3 is 4.74 Å². The van der Waals surface area contributed by atoms with Crippen LogP contribution in [0.5, 0.6) is 5.75 Å². The van der Waals surface area contributed by atoms with Crippen molar-refractivity contribution in [3.8, 4) is 11.8 Å². The summed E-state index contributed by atoms with van der Waals surface area (Å²) in [4.78, 5) is 0.264. The molecule has 0 bridgehead atoms. The smallest absolute Gasteiger partial charge is 0.175 e. The quantitative estimate of drug-likeness (QED) is 0.724. The predicted octanol–water partition coefficient (Wildman–Crippen LogP) is 3.19. The molecule has 0 spiro atoms. The van der Waals surface area contributed by atoms with E-state index in [4.69, 9.17) is 10.00 Å². The molecule has 0 heterocycles. The van der Waals surface area contributed by atoms with Gasteiger partial charge in [0.25, 0.3) is 0 Å². The average Bonchev–Trinajstić information content (AvgIpc) is 2.37. The van der Waals surface area contributed by atoms with Crippen molar-refractivity contribution in [2.24, 2.45) is 5.41 Å². The van der Waals surface area contributed by atoms with E-state index in [0.29, 0.717) is 12.4 Å². The number of benzene rings is 1. The summed E-state index contributed by atoms with van der Waals surface area (Å²) < 4.78 is 28.4. The highest BCUT2D eigenvalue weighted by Crippen LogP contribution is 2.22. The van der Waals surface area contributed by atoms with E-state index >= 15 is 0 Å². The van der Waals surface area contributed by atoms with Crippen LogP contribution in [0, 0.1) is 16.7 Å². The van der Waals surface area contributed by atoms with Crippen LogP contribution in [0.2, 0.25) is 0 Å². The molecule has 0 unspecified atom stereocenters. The van der Waals surface area contributed by atoms with Gasteiger partial charge in [0.2, 0.25) is 0 Å². The first-order chi connectivity index (χ1) is 9.24. The molecular weight excluding hydrogens is 274 g/mol. The molecule has 0 aliphatic rings. The monoisotopic (exact) mass is 295 g/mol. The van der Waals surface area contributed by atoms with Crippen LogP contribution in [0.3, 0.4) is 0 Å². The van der Waals surface area contributed by atoms with Crippen LogP contribution in [-0.4, -0.2) is 21.3 Å². The first kappa shape index (κ1) is 16.5. The van der Waals surface area contributed by atoms with Gasteiger partial charge in [-0.1, -0.05) is 6.07 Å². The molecule has 0 N–H and O–H groups in total. The minimum Gasteiger partial charge on any atom is -0.494 e. The summed E-state index contributed by atoms with van der Waals surface area (Å²) in [5.74, 6) is 0.562. The van der Waals surface area contributed by atoms with Crippen molar-refractivity contribution in [3.63, 3.8) is 0 Å². The number of hydrogen-bond donors (Lipinski definition) is 0. The number of nitriles is 1. The Morgan fingerprint density at radius 1 is 1.30 bits per heavy atom. The Balaban J connectivity index is 2.42. The molecule has 0 radical (unpaired) electrons.